The van der Waals surface area contributed by atoms with Gasteiger partial charge in [-0.3, -0.25) is 0 Å². The van der Waals surface area contributed by atoms with Gasteiger partial charge in [0.05, 0.1) is 7.11 Å². The SMILES string of the molecule is CCCCC(Nc1ccccc1)C(=O)OC. The van der Waals surface area contributed by atoms with Crippen molar-refractivity contribution >= 4 is 11.7 Å². The average molecular weight is 221 g/mol. The molecule has 16 heavy (non-hydrogen) atoms. The van der Waals surface area contributed by atoms with Crippen molar-refractivity contribution in [2.24, 2.45) is 0 Å². The van der Waals surface area contributed by atoms with Gasteiger partial charge in [-0.25, -0.2) is 4.79 Å². The Labute approximate surface area is 96.8 Å². The van der Waals surface area contributed by atoms with Crippen LogP contribution in [0.1, 0.15) is 26.2 Å². The molecule has 0 saturated carbocycles. The Hall–Kier alpha value is -1.51. The molecule has 1 rings (SSSR count). The van der Waals surface area contributed by atoms with Crippen molar-refractivity contribution < 1.29 is 9.53 Å². The van der Waals surface area contributed by atoms with Crippen LogP contribution >= 0.6 is 0 Å². The average Bonchev–Trinajstić information content (AvgIpc) is 2.34. The van der Waals surface area contributed by atoms with Crippen LogP contribution in [0, 0.1) is 0 Å². The Morgan fingerprint density at radius 3 is 2.62 bits per heavy atom. The lowest BCUT2D eigenvalue weighted by Gasteiger charge is -2.17. The van der Waals surface area contributed by atoms with Crippen molar-refractivity contribution in [3.05, 3.63) is 30.3 Å². The van der Waals surface area contributed by atoms with Crippen LogP contribution in [0.3, 0.4) is 0 Å². The number of hydrogen-bond donors (Lipinski definition) is 1. The fraction of sp³-hybridized carbons (Fsp3) is 0.462. The molecule has 0 fully saturated rings. The van der Waals surface area contributed by atoms with E-state index < -0.39 is 0 Å². The standard InChI is InChI=1S/C13H19NO2/c1-3-4-10-12(13(15)16-2)14-11-8-6-5-7-9-11/h5-9,12,14H,3-4,10H2,1-2H3. The molecule has 1 N–H and O–H groups in total. The third-order valence-corrected chi connectivity index (χ3v) is 2.45. The van der Waals surface area contributed by atoms with E-state index in [0.717, 1.165) is 24.9 Å². The number of para-hydroxylation sites is 1. The number of hydrogen-bond acceptors (Lipinski definition) is 3. The summed E-state index contributed by atoms with van der Waals surface area (Å²) < 4.78 is 4.78. The van der Waals surface area contributed by atoms with Crippen LogP contribution in [-0.4, -0.2) is 19.1 Å². The maximum atomic E-state index is 11.5. The summed E-state index contributed by atoms with van der Waals surface area (Å²) in [4.78, 5) is 11.5. The van der Waals surface area contributed by atoms with Gasteiger partial charge in [-0.15, -0.1) is 0 Å². The first-order valence-electron chi connectivity index (χ1n) is 5.67. The van der Waals surface area contributed by atoms with E-state index in [4.69, 9.17) is 4.74 Å². The van der Waals surface area contributed by atoms with Crippen LogP contribution in [0.15, 0.2) is 30.3 Å². The third-order valence-electron chi connectivity index (χ3n) is 2.45. The van der Waals surface area contributed by atoms with Crippen molar-refractivity contribution in [1.82, 2.24) is 0 Å². The zero-order valence-electron chi connectivity index (χ0n) is 9.90. The van der Waals surface area contributed by atoms with Crippen LogP contribution in [-0.2, 0) is 9.53 Å². The molecule has 1 atom stereocenters. The van der Waals surface area contributed by atoms with E-state index in [9.17, 15) is 4.79 Å². The van der Waals surface area contributed by atoms with Gasteiger partial charge in [0.15, 0.2) is 0 Å². The van der Waals surface area contributed by atoms with Crippen molar-refractivity contribution in [3.8, 4) is 0 Å². The van der Waals surface area contributed by atoms with Crippen LogP contribution in [0.25, 0.3) is 0 Å². The van der Waals surface area contributed by atoms with E-state index in [-0.39, 0.29) is 12.0 Å². The number of benzene rings is 1. The lowest BCUT2D eigenvalue weighted by Crippen LogP contribution is -2.30. The van der Waals surface area contributed by atoms with E-state index in [1.165, 1.54) is 7.11 Å². The van der Waals surface area contributed by atoms with E-state index in [0.29, 0.717) is 0 Å². The van der Waals surface area contributed by atoms with E-state index in [1.54, 1.807) is 0 Å². The quantitative estimate of drug-likeness (QED) is 0.751. The van der Waals surface area contributed by atoms with E-state index >= 15 is 0 Å². The summed E-state index contributed by atoms with van der Waals surface area (Å²) in [6, 6.07) is 9.48. The van der Waals surface area contributed by atoms with Crippen LogP contribution < -0.4 is 5.32 Å². The maximum absolute atomic E-state index is 11.5. The first-order valence-corrected chi connectivity index (χ1v) is 5.67. The summed E-state index contributed by atoms with van der Waals surface area (Å²) in [5.41, 5.74) is 0.953. The van der Waals surface area contributed by atoms with Crippen LogP contribution in [0.5, 0.6) is 0 Å². The normalized spacial score (nSPS) is 11.9. The monoisotopic (exact) mass is 221 g/mol. The second kappa shape index (κ2) is 6.88. The predicted molar refractivity (Wildman–Crippen MR) is 65.4 cm³/mol. The van der Waals surface area contributed by atoms with E-state index in [1.807, 2.05) is 30.3 Å². The largest absolute Gasteiger partial charge is 0.467 e. The minimum absolute atomic E-state index is 0.197. The summed E-state index contributed by atoms with van der Waals surface area (Å²) in [6.45, 7) is 2.11. The highest BCUT2D eigenvalue weighted by Crippen LogP contribution is 2.12. The molecule has 3 heteroatoms. The molecule has 0 aliphatic heterocycles. The number of rotatable bonds is 6. The molecule has 88 valence electrons. The number of anilines is 1. The Morgan fingerprint density at radius 1 is 1.38 bits per heavy atom. The summed E-state index contributed by atoms with van der Waals surface area (Å²) in [5.74, 6) is -0.197. The van der Waals surface area contributed by atoms with Crippen LogP contribution in [0.4, 0.5) is 5.69 Å². The highest BCUT2D eigenvalue weighted by atomic mass is 16.5. The van der Waals surface area contributed by atoms with E-state index in [2.05, 4.69) is 12.2 Å². The molecule has 0 aromatic heterocycles. The third kappa shape index (κ3) is 3.93. The van der Waals surface area contributed by atoms with Crippen molar-refractivity contribution in [1.29, 1.82) is 0 Å². The highest BCUT2D eigenvalue weighted by Gasteiger charge is 2.17. The number of unbranched alkanes of at least 4 members (excludes halogenated alkanes) is 1. The summed E-state index contributed by atoms with van der Waals surface area (Å²) in [5, 5.41) is 3.19. The van der Waals surface area contributed by atoms with Crippen LogP contribution in [0.2, 0.25) is 0 Å². The second-order valence-corrected chi connectivity index (χ2v) is 3.73. The Morgan fingerprint density at radius 2 is 2.06 bits per heavy atom. The van der Waals surface area contributed by atoms with Gasteiger partial charge in [-0.05, 0) is 18.6 Å². The molecule has 0 aliphatic carbocycles. The topological polar surface area (TPSA) is 38.3 Å². The Bertz CT molecular complexity index is 311. The minimum atomic E-state index is -0.243. The van der Waals surface area contributed by atoms with Crippen molar-refractivity contribution in [2.75, 3.05) is 12.4 Å². The maximum Gasteiger partial charge on any atom is 0.328 e. The first-order chi connectivity index (χ1) is 7.77. The summed E-state index contributed by atoms with van der Waals surface area (Å²) >= 11 is 0. The molecular formula is C13H19NO2. The lowest BCUT2D eigenvalue weighted by molar-refractivity contribution is -0.141. The van der Waals surface area contributed by atoms with Gasteiger partial charge in [-0.1, -0.05) is 38.0 Å². The zero-order chi connectivity index (χ0) is 11.8. The fourth-order valence-corrected chi connectivity index (χ4v) is 1.54. The lowest BCUT2D eigenvalue weighted by atomic mass is 10.1. The van der Waals surface area contributed by atoms with Gasteiger partial charge in [0.1, 0.15) is 6.04 Å². The minimum Gasteiger partial charge on any atom is -0.467 e. The molecule has 1 aromatic carbocycles. The van der Waals surface area contributed by atoms with Crippen molar-refractivity contribution in [3.63, 3.8) is 0 Å². The molecule has 0 radical (unpaired) electrons. The number of carbonyl (C=O) groups excluding carboxylic acids is 1. The number of ether oxygens (including phenoxy) is 1. The second-order valence-electron chi connectivity index (χ2n) is 3.73. The number of carbonyl (C=O) groups is 1. The first kappa shape index (κ1) is 12.6. The Kier molecular flexibility index (Phi) is 5.40. The predicted octanol–water partition coefficient (Wildman–Crippen LogP) is 2.83. The van der Waals surface area contributed by atoms with Gasteiger partial charge >= 0.3 is 5.97 Å². The molecule has 0 spiro atoms. The molecule has 1 aromatic rings. The number of methoxy groups -OCH3 is 1. The highest BCUT2D eigenvalue weighted by molar-refractivity contribution is 5.79. The van der Waals surface area contributed by atoms with Gasteiger partial charge in [0, 0.05) is 5.69 Å². The zero-order valence-corrected chi connectivity index (χ0v) is 9.90. The summed E-state index contributed by atoms with van der Waals surface area (Å²) in [7, 11) is 1.42. The Balaban J connectivity index is 2.59. The molecule has 0 saturated heterocycles. The van der Waals surface area contributed by atoms with Gasteiger partial charge in [0.2, 0.25) is 0 Å². The molecule has 0 amide bonds. The van der Waals surface area contributed by atoms with Crippen molar-refractivity contribution in [2.45, 2.75) is 32.2 Å². The molecule has 1 unspecified atom stereocenters. The van der Waals surface area contributed by atoms with Gasteiger partial charge < -0.3 is 10.1 Å². The molecule has 0 bridgehead atoms. The summed E-state index contributed by atoms with van der Waals surface area (Å²) in [6.07, 6.45) is 2.89. The molecule has 0 aliphatic rings. The van der Waals surface area contributed by atoms with Gasteiger partial charge in [-0.2, -0.15) is 0 Å². The fourth-order valence-electron chi connectivity index (χ4n) is 1.54. The smallest absolute Gasteiger partial charge is 0.328 e. The number of esters is 1. The number of nitrogens with one attached hydrogen (secondary N) is 1. The molecule has 3 nitrogen and oxygen atoms in total. The molecule has 0 heterocycles. The van der Waals surface area contributed by atoms with Gasteiger partial charge in [0.25, 0.3) is 0 Å². The molecular weight excluding hydrogens is 202 g/mol.